The highest BCUT2D eigenvalue weighted by Crippen LogP contribution is 2.23. The molecule has 0 bridgehead atoms. The molecule has 2 aromatic carbocycles. The SMILES string of the molecule is CC(=O)Nc1ccc(C(=O)COC(=O)c2ccc(-c3ccc(C(C)=O)cc3)o2)cc1. The van der Waals surface area contributed by atoms with Gasteiger partial charge in [-0.25, -0.2) is 4.79 Å². The predicted octanol–water partition coefficient (Wildman–Crippen LogP) is 4.15. The topological polar surface area (TPSA) is 103 Å². The van der Waals surface area contributed by atoms with E-state index in [0.717, 1.165) is 0 Å². The highest BCUT2D eigenvalue weighted by molar-refractivity contribution is 5.99. The van der Waals surface area contributed by atoms with Crippen LogP contribution in [-0.2, 0) is 9.53 Å². The van der Waals surface area contributed by atoms with Crippen LogP contribution in [0.3, 0.4) is 0 Å². The number of nitrogens with one attached hydrogen (secondary N) is 1. The second kappa shape index (κ2) is 9.00. The fourth-order valence-corrected chi connectivity index (χ4v) is 2.70. The molecule has 3 aromatic rings. The summed E-state index contributed by atoms with van der Waals surface area (Å²) >= 11 is 0. The summed E-state index contributed by atoms with van der Waals surface area (Å²) in [5.74, 6) is -0.990. The van der Waals surface area contributed by atoms with Crippen molar-refractivity contribution in [3.05, 3.63) is 77.6 Å². The maximum Gasteiger partial charge on any atom is 0.374 e. The number of furan rings is 1. The number of rotatable bonds is 7. The number of hydrogen-bond acceptors (Lipinski definition) is 6. The normalized spacial score (nSPS) is 10.3. The third-order valence-corrected chi connectivity index (χ3v) is 4.24. The van der Waals surface area contributed by atoms with E-state index in [-0.39, 0.29) is 23.2 Å². The number of ether oxygens (including phenoxy) is 1. The summed E-state index contributed by atoms with van der Waals surface area (Å²) in [5.41, 5.74) is 2.20. The minimum atomic E-state index is -0.759. The quantitative estimate of drug-likeness (QED) is 0.468. The first-order valence-electron chi connectivity index (χ1n) is 9.12. The van der Waals surface area contributed by atoms with Crippen LogP contribution in [0.1, 0.15) is 45.1 Å². The van der Waals surface area contributed by atoms with Crippen molar-refractivity contribution in [2.24, 2.45) is 0 Å². The van der Waals surface area contributed by atoms with Crippen molar-refractivity contribution in [1.29, 1.82) is 0 Å². The average Bonchev–Trinajstić information content (AvgIpc) is 3.22. The van der Waals surface area contributed by atoms with E-state index in [2.05, 4.69) is 5.32 Å². The Morgan fingerprint density at radius 3 is 2.07 bits per heavy atom. The molecule has 1 N–H and O–H groups in total. The minimum absolute atomic E-state index is 0.0329. The molecule has 1 aromatic heterocycles. The van der Waals surface area contributed by atoms with Crippen molar-refractivity contribution in [2.75, 3.05) is 11.9 Å². The molecule has 30 heavy (non-hydrogen) atoms. The van der Waals surface area contributed by atoms with Gasteiger partial charge in [-0.05, 0) is 43.3 Å². The Hall–Kier alpha value is -4.00. The Bertz CT molecular complexity index is 1090. The number of Topliss-reactive ketones (excluding diaryl/α,β-unsaturated/α-hetero) is 2. The first-order chi connectivity index (χ1) is 14.3. The monoisotopic (exact) mass is 405 g/mol. The van der Waals surface area contributed by atoms with Crippen LogP contribution in [0.25, 0.3) is 11.3 Å². The van der Waals surface area contributed by atoms with Crippen LogP contribution in [0.2, 0.25) is 0 Å². The third-order valence-electron chi connectivity index (χ3n) is 4.24. The van der Waals surface area contributed by atoms with Crippen LogP contribution in [-0.4, -0.2) is 30.0 Å². The van der Waals surface area contributed by atoms with Crippen molar-refractivity contribution in [3.63, 3.8) is 0 Å². The average molecular weight is 405 g/mol. The lowest BCUT2D eigenvalue weighted by molar-refractivity contribution is -0.114. The van der Waals surface area contributed by atoms with Gasteiger partial charge >= 0.3 is 5.97 Å². The van der Waals surface area contributed by atoms with Crippen molar-refractivity contribution in [1.82, 2.24) is 0 Å². The zero-order valence-electron chi connectivity index (χ0n) is 16.4. The van der Waals surface area contributed by atoms with Crippen LogP contribution in [0.4, 0.5) is 5.69 Å². The lowest BCUT2D eigenvalue weighted by Crippen LogP contribution is -2.14. The lowest BCUT2D eigenvalue weighted by Gasteiger charge is -2.05. The van der Waals surface area contributed by atoms with Gasteiger partial charge in [0.1, 0.15) is 5.76 Å². The van der Waals surface area contributed by atoms with Crippen molar-refractivity contribution in [2.45, 2.75) is 13.8 Å². The predicted molar refractivity (Wildman–Crippen MR) is 110 cm³/mol. The molecule has 0 aliphatic heterocycles. The van der Waals surface area contributed by atoms with Crippen LogP contribution in [0, 0.1) is 0 Å². The molecule has 7 nitrogen and oxygen atoms in total. The van der Waals surface area contributed by atoms with E-state index in [4.69, 9.17) is 9.15 Å². The largest absolute Gasteiger partial charge is 0.451 e. The van der Waals surface area contributed by atoms with E-state index in [1.54, 1.807) is 42.5 Å². The molecule has 1 heterocycles. The van der Waals surface area contributed by atoms with Gasteiger partial charge in [0.15, 0.2) is 18.2 Å². The summed E-state index contributed by atoms with van der Waals surface area (Å²) < 4.78 is 10.6. The Balaban J connectivity index is 1.59. The van der Waals surface area contributed by atoms with E-state index < -0.39 is 12.6 Å². The number of carbonyl (C=O) groups excluding carboxylic acids is 4. The van der Waals surface area contributed by atoms with Gasteiger partial charge in [-0.15, -0.1) is 0 Å². The lowest BCUT2D eigenvalue weighted by atomic mass is 10.1. The molecule has 0 saturated heterocycles. The van der Waals surface area contributed by atoms with E-state index in [1.165, 1.54) is 32.0 Å². The Labute approximate surface area is 172 Å². The number of anilines is 1. The molecule has 0 saturated carbocycles. The van der Waals surface area contributed by atoms with E-state index in [1.807, 2.05) is 0 Å². The van der Waals surface area contributed by atoms with Crippen molar-refractivity contribution in [3.8, 4) is 11.3 Å². The molecule has 0 atom stereocenters. The second-order valence-corrected chi connectivity index (χ2v) is 6.56. The number of benzene rings is 2. The Morgan fingerprint density at radius 2 is 1.47 bits per heavy atom. The zero-order valence-corrected chi connectivity index (χ0v) is 16.4. The number of esters is 1. The van der Waals surface area contributed by atoms with Gasteiger partial charge in [0.2, 0.25) is 11.7 Å². The molecule has 0 radical (unpaired) electrons. The van der Waals surface area contributed by atoms with Gasteiger partial charge in [-0.2, -0.15) is 0 Å². The molecule has 0 spiro atoms. The molecule has 0 unspecified atom stereocenters. The van der Waals surface area contributed by atoms with E-state index >= 15 is 0 Å². The second-order valence-electron chi connectivity index (χ2n) is 6.56. The maximum absolute atomic E-state index is 12.2. The van der Waals surface area contributed by atoms with Gasteiger partial charge < -0.3 is 14.5 Å². The summed E-state index contributed by atoms with van der Waals surface area (Å²) in [6.45, 7) is 2.43. The first kappa shape index (κ1) is 20.7. The molecule has 152 valence electrons. The highest BCUT2D eigenvalue weighted by Gasteiger charge is 2.16. The Morgan fingerprint density at radius 1 is 0.833 bits per heavy atom. The summed E-state index contributed by atoms with van der Waals surface area (Å²) in [6, 6.07) is 16.1. The minimum Gasteiger partial charge on any atom is -0.451 e. The van der Waals surface area contributed by atoms with Gasteiger partial charge in [0.05, 0.1) is 0 Å². The van der Waals surface area contributed by atoms with Crippen molar-refractivity contribution >= 4 is 29.1 Å². The number of amides is 1. The molecule has 3 rings (SSSR count). The van der Waals surface area contributed by atoms with Gasteiger partial charge in [-0.3, -0.25) is 14.4 Å². The molecule has 0 fully saturated rings. The summed E-state index contributed by atoms with van der Waals surface area (Å²) in [5, 5.41) is 2.60. The van der Waals surface area contributed by atoms with Gasteiger partial charge in [0, 0.05) is 29.3 Å². The number of hydrogen-bond donors (Lipinski definition) is 1. The van der Waals surface area contributed by atoms with Crippen molar-refractivity contribution < 1.29 is 28.3 Å². The number of carbonyl (C=O) groups is 4. The molecular weight excluding hydrogens is 386 g/mol. The fraction of sp³-hybridized carbons (Fsp3) is 0.130. The smallest absolute Gasteiger partial charge is 0.374 e. The third kappa shape index (κ3) is 5.08. The van der Waals surface area contributed by atoms with Crippen LogP contribution in [0.15, 0.2) is 65.1 Å². The zero-order chi connectivity index (χ0) is 21.7. The first-order valence-corrected chi connectivity index (χ1v) is 9.12. The molecule has 0 aliphatic rings. The van der Waals surface area contributed by atoms with Crippen LogP contribution < -0.4 is 5.32 Å². The van der Waals surface area contributed by atoms with E-state index in [9.17, 15) is 19.2 Å². The molecule has 1 amide bonds. The maximum atomic E-state index is 12.2. The van der Waals surface area contributed by atoms with Gasteiger partial charge in [-0.1, -0.05) is 24.3 Å². The summed E-state index contributed by atoms with van der Waals surface area (Å²) in [6.07, 6.45) is 0. The standard InChI is InChI=1S/C23H19NO6/c1-14(25)16-3-5-18(6-4-16)21-11-12-22(30-21)23(28)29-13-20(27)17-7-9-19(10-8-17)24-15(2)26/h3-12H,13H2,1-2H3,(H,24,26). The summed E-state index contributed by atoms with van der Waals surface area (Å²) in [7, 11) is 0. The fourth-order valence-electron chi connectivity index (χ4n) is 2.70. The van der Waals surface area contributed by atoms with Crippen LogP contribution in [0.5, 0.6) is 0 Å². The molecule has 7 heteroatoms. The molecule has 0 aliphatic carbocycles. The number of ketones is 2. The molecular formula is C23H19NO6. The van der Waals surface area contributed by atoms with Crippen LogP contribution >= 0.6 is 0 Å². The van der Waals surface area contributed by atoms with E-state index in [0.29, 0.717) is 28.1 Å². The van der Waals surface area contributed by atoms with Gasteiger partial charge in [0.25, 0.3) is 0 Å². The highest BCUT2D eigenvalue weighted by atomic mass is 16.5. The summed E-state index contributed by atoms with van der Waals surface area (Å²) in [4.78, 5) is 46.8. The Kier molecular flexibility index (Phi) is 6.22.